The van der Waals surface area contributed by atoms with Gasteiger partial charge in [-0.15, -0.1) is 0 Å². The van der Waals surface area contributed by atoms with Crippen molar-refractivity contribution < 1.29 is 9.46 Å². The summed E-state index contributed by atoms with van der Waals surface area (Å²) in [6, 6.07) is 0. The van der Waals surface area contributed by atoms with Crippen LogP contribution in [0.15, 0.2) is 0 Å². The van der Waals surface area contributed by atoms with Gasteiger partial charge in [0.25, 0.3) is 0 Å². The average Bonchev–Trinajstić information content (AvgIpc) is 1.69. The summed E-state index contributed by atoms with van der Waals surface area (Å²) in [5.41, 5.74) is 0. The number of hydrogen-bond donors (Lipinski definition) is 3. The predicted molar refractivity (Wildman–Crippen MR) is 34.4 cm³/mol. The lowest BCUT2D eigenvalue weighted by molar-refractivity contribution is 0.524. The van der Waals surface area contributed by atoms with Gasteiger partial charge in [-0.05, 0) is 0 Å². The summed E-state index contributed by atoms with van der Waals surface area (Å²) in [5, 5.41) is 1.00. The molecule has 0 heterocycles. The van der Waals surface area contributed by atoms with Gasteiger partial charge in [0.15, 0.2) is 0 Å². The van der Waals surface area contributed by atoms with E-state index in [1.165, 1.54) is 0 Å². The van der Waals surface area contributed by atoms with Crippen LogP contribution in [0.3, 0.4) is 0 Å². The molecule has 0 aromatic rings. The van der Waals surface area contributed by atoms with E-state index < -0.39 is 23.3 Å². The molecule has 0 unspecified atom stereocenters. The largest absolute Gasteiger partial charge is 0.476 e. The molecule has 0 fully saturated rings. The number of rotatable bonds is 1. The normalized spacial score (nSPS) is 7.50. The van der Waals surface area contributed by atoms with Crippen LogP contribution in [0.2, 0.25) is 5.28 Å². The third kappa shape index (κ3) is 31.3. The summed E-state index contributed by atoms with van der Waals surface area (Å²) in [5.74, 6) is 0. The fraction of sp³-hybridized carbons (Fsp3) is 1.00. The highest BCUT2D eigenvalue weighted by Gasteiger charge is 1.97. The fourth-order valence-electron chi connectivity index (χ4n) is 0. The SMILES string of the molecule is C[CH2][Al]([NH2])[NH2].O=PO. The molecule has 0 amide bonds. The van der Waals surface area contributed by atoms with Crippen molar-refractivity contribution in [3.63, 3.8) is 0 Å². The first-order valence-corrected chi connectivity index (χ1v) is 5.08. The zero-order chi connectivity index (χ0) is 6.99. The predicted octanol–water partition coefficient (Wildman–Crippen LogP) is -0.403. The van der Waals surface area contributed by atoms with Crippen LogP contribution in [0.5, 0.6) is 0 Å². The van der Waals surface area contributed by atoms with Crippen LogP contribution in [0.25, 0.3) is 0 Å². The Kier molecular flexibility index (Phi) is 14.8. The number of nitrogens with two attached hydrogens (primary N) is 2. The molecule has 0 atom stereocenters. The first kappa shape index (κ1) is 11.3. The van der Waals surface area contributed by atoms with Gasteiger partial charge < -0.3 is 14.3 Å². The molecular formula is C2H10AlN2O2P. The second kappa shape index (κ2) is 10.5. The van der Waals surface area contributed by atoms with E-state index in [0.717, 1.165) is 5.28 Å². The van der Waals surface area contributed by atoms with Crippen LogP contribution in [-0.2, 0) is 4.57 Å². The Morgan fingerprint density at radius 3 is 1.88 bits per heavy atom. The van der Waals surface area contributed by atoms with E-state index in [1.807, 2.05) is 6.92 Å². The summed E-state index contributed by atoms with van der Waals surface area (Å²) in [6.45, 7) is 2.01. The van der Waals surface area contributed by atoms with Crippen LogP contribution in [0.1, 0.15) is 6.92 Å². The molecule has 0 spiro atoms. The van der Waals surface area contributed by atoms with E-state index in [1.54, 1.807) is 0 Å². The Morgan fingerprint density at radius 1 is 1.75 bits per heavy atom. The first-order valence-electron chi connectivity index (χ1n) is 2.16. The molecule has 0 aromatic heterocycles. The molecule has 8 heavy (non-hydrogen) atoms. The molecule has 0 saturated carbocycles. The second-order valence-corrected chi connectivity index (χ2v) is 3.46. The van der Waals surface area contributed by atoms with E-state index in [-0.39, 0.29) is 0 Å². The molecule has 0 saturated heterocycles. The molecule has 4 nitrogen and oxygen atoms in total. The molecule has 0 bridgehead atoms. The van der Waals surface area contributed by atoms with Crippen molar-refractivity contribution in [3.8, 4) is 0 Å². The van der Waals surface area contributed by atoms with Crippen molar-refractivity contribution in [1.29, 1.82) is 0 Å². The lowest BCUT2D eigenvalue weighted by atomic mass is 11.0. The van der Waals surface area contributed by atoms with E-state index in [2.05, 4.69) is 0 Å². The Labute approximate surface area is 55.0 Å². The summed E-state index contributed by atoms with van der Waals surface area (Å²) in [7, 11) is -0.833. The maximum Gasteiger partial charge on any atom is 0.476 e. The van der Waals surface area contributed by atoms with Gasteiger partial charge in [-0.1, -0.05) is 12.2 Å². The van der Waals surface area contributed by atoms with Gasteiger partial charge in [0, 0.05) is 0 Å². The summed E-state index contributed by atoms with van der Waals surface area (Å²) < 4.78 is 18.9. The van der Waals surface area contributed by atoms with Crippen molar-refractivity contribution in [2.24, 2.45) is 9.43 Å². The molecule has 0 aliphatic heterocycles. The molecule has 0 aliphatic rings. The molecular weight excluding hydrogens is 142 g/mol. The lowest BCUT2D eigenvalue weighted by Crippen LogP contribution is -2.35. The highest BCUT2D eigenvalue weighted by Crippen LogP contribution is 1.66. The molecule has 0 aromatic carbocycles. The maximum atomic E-state index is 8.46. The molecule has 5 N–H and O–H groups in total. The molecule has 0 aliphatic carbocycles. The van der Waals surface area contributed by atoms with Gasteiger partial charge in [0.2, 0.25) is 0 Å². The van der Waals surface area contributed by atoms with Crippen molar-refractivity contribution in [2.45, 2.75) is 12.2 Å². The minimum absolute atomic E-state index is 0.833. The van der Waals surface area contributed by atoms with Crippen LogP contribution >= 0.6 is 8.69 Å². The minimum atomic E-state index is -1.15. The monoisotopic (exact) mass is 152 g/mol. The quantitative estimate of drug-likeness (QED) is 0.352. The molecule has 0 radical (unpaired) electrons. The van der Waals surface area contributed by atoms with E-state index >= 15 is 0 Å². The van der Waals surface area contributed by atoms with Crippen molar-refractivity contribution in [3.05, 3.63) is 0 Å². The zero-order valence-electron chi connectivity index (χ0n) is 4.74. The van der Waals surface area contributed by atoms with Crippen molar-refractivity contribution >= 4 is 23.3 Å². The Hall–Kier alpha value is 0.512. The number of hydrogen-bond acceptors (Lipinski definition) is 3. The molecule has 6 heteroatoms. The maximum absolute atomic E-state index is 8.46. The third-order valence-corrected chi connectivity index (χ3v) is 1.41. The lowest BCUT2D eigenvalue weighted by Gasteiger charge is -1.81. The van der Waals surface area contributed by atoms with Crippen molar-refractivity contribution in [1.82, 2.24) is 0 Å². The topological polar surface area (TPSA) is 89.3 Å². The molecule has 0 rings (SSSR count). The zero-order valence-corrected chi connectivity index (χ0v) is 6.79. The summed E-state index contributed by atoms with van der Waals surface area (Å²) in [4.78, 5) is 6.99. The highest BCUT2D eigenvalue weighted by atomic mass is 31.1. The van der Waals surface area contributed by atoms with Crippen LogP contribution < -0.4 is 9.43 Å². The Balaban J connectivity index is 0. The Bertz CT molecular complexity index is 53.3. The second-order valence-electron chi connectivity index (χ2n) is 1.15. The van der Waals surface area contributed by atoms with E-state index in [0.29, 0.717) is 0 Å². The average molecular weight is 152 g/mol. The van der Waals surface area contributed by atoms with E-state index in [9.17, 15) is 0 Å². The van der Waals surface area contributed by atoms with E-state index in [4.69, 9.17) is 18.9 Å². The minimum Gasteiger partial charge on any atom is -0.399 e. The van der Waals surface area contributed by atoms with Crippen LogP contribution in [-0.4, -0.2) is 19.5 Å². The van der Waals surface area contributed by atoms with Gasteiger partial charge in [0.05, 0.1) is 0 Å². The van der Waals surface area contributed by atoms with Crippen LogP contribution in [0.4, 0.5) is 0 Å². The molecule has 48 valence electrons. The summed E-state index contributed by atoms with van der Waals surface area (Å²) >= 11 is -1.15. The highest BCUT2D eigenvalue weighted by molar-refractivity contribution is 7.16. The van der Waals surface area contributed by atoms with Gasteiger partial charge >= 0.3 is 23.3 Å². The smallest absolute Gasteiger partial charge is 0.399 e. The van der Waals surface area contributed by atoms with Crippen LogP contribution in [0, 0.1) is 0 Å². The standard InChI is InChI=1S/C2H5.Al.2H2N.HO2P/c1-2;;;;1-3-2/h1H2,2H3;;2*1H2;(H,1,2)/q;+2;2*-1;. The van der Waals surface area contributed by atoms with Gasteiger partial charge in [-0.25, -0.2) is 4.57 Å². The third-order valence-electron chi connectivity index (χ3n) is 0.471. The fourth-order valence-corrected chi connectivity index (χ4v) is 0. The van der Waals surface area contributed by atoms with Crippen molar-refractivity contribution in [2.75, 3.05) is 0 Å². The first-order chi connectivity index (χ1) is 3.68. The van der Waals surface area contributed by atoms with Gasteiger partial charge in [-0.2, -0.15) is 0 Å². The Morgan fingerprint density at radius 2 is 1.88 bits per heavy atom. The van der Waals surface area contributed by atoms with Gasteiger partial charge in [-0.3, -0.25) is 0 Å². The van der Waals surface area contributed by atoms with Gasteiger partial charge in [0.1, 0.15) is 0 Å². The summed E-state index contributed by atoms with van der Waals surface area (Å²) in [6.07, 6.45) is 0.